The molecule has 1 aromatic carbocycles. The highest BCUT2D eigenvalue weighted by molar-refractivity contribution is 6.32. The first-order valence-corrected chi connectivity index (χ1v) is 4.50. The highest BCUT2D eigenvalue weighted by Crippen LogP contribution is 2.34. The van der Waals surface area contributed by atoms with Crippen LogP contribution in [0.2, 0.25) is 5.02 Å². The smallest absolute Gasteiger partial charge is 0.141 e. The highest BCUT2D eigenvalue weighted by atomic mass is 35.5. The zero-order valence-electron chi connectivity index (χ0n) is 7.01. The van der Waals surface area contributed by atoms with E-state index in [1.165, 1.54) is 0 Å². The molecule has 0 bridgehead atoms. The fourth-order valence-electron chi connectivity index (χ4n) is 1.52. The first-order valence-electron chi connectivity index (χ1n) is 4.12. The zero-order valence-corrected chi connectivity index (χ0v) is 7.77. The van der Waals surface area contributed by atoms with Crippen molar-refractivity contribution in [3.8, 4) is 5.75 Å². The van der Waals surface area contributed by atoms with Crippen molar-refractivity contribution >= 4 is 11.6 Å². The number of hydrogen-bond donors (Lipinski definition) is 2. The van der Waals surface area contributed by atoms with Crippen molar-refractivity contribution in [1.29, 1.82) is 0 Å². The summed E-state index contributed by atoms with van der Waals surface area (Å²) in [5, 5.41) is 9.16. The Bertz CT molecular complexity index is 328. The Morgan fingerprint density at radius 2 is 2.38 bits per heavy atom. The van der Waals surface area contributed by atoms with Crippen LogP contribution in [0.4, 0.5) is 0 Å². The van der Waals surface area contributed by atoms with Crippen molar-refractivity contribution in [3.63, 3.8) is 0 Å². The monoisotopic (exact) mass is 199 g/mol. The quantitative estimate of drug-likeness (QED) is 0.714. The van der Waals surface area contributed by atoms with E-state index in [0.29, 0.717) is 18.2 Å². The van der Waals surface area contributed by atoms with Gasteiger partial charge in [-0.1, -0.05) is 17.7 Å². The van der Waals surface area contributed by atoms with Gasteiger partial charge in [0.25, 0.3) is 0 Å². The van der Waals surface area contributed by atoms with Gasteiger partial charge in [-0.15, -0.1) is 0 Å². The molecule has 0 spiro atoms. The Balaban J connectivity index is 2.37. The summed E-state index contributed by atoms with van der Waals surface area (Å²) in [5.41, 5.74) is 4.20. The Morgan fingerprint density at radius 1 is 1.54 bits per heavy atom. The Kier molecular flexibility index (Phi) is 2.40. The van der Waals surface area contributed by atoms with E-state index in [4.69, 9.17) is 21.5 Å². The molecule has 0 radical (unpaired) electrons. The van der Waals surface area contributed by atoms with Gasteiger partial charge < -0.3 is 9.94 Å². The summed E-state index contributed by atoms with van der Waals surface area (Å²) < 4.78 is 5.35. The topological polar surface area (TPSA) is 41.5 Å². The standard InChI is InChI=1S/C9H10ClNO2/c10-8-4-6(5-11-12)3-7-1-2-13-9(7)8/h3-4,11-12H,1-2,5H2. The van der Waals surface area contributed by atoms with Crippen LogP contribution in [-0.4, -0.2) is 11.8 Å². The van der Waals surface area contributed by atoms with Crippen molar-refractivity contribution in [2.24, 2.45) is 0 Å². The Hall–Kier alpha value is -0.770. The second-order valence-electron chi connectivity index (χ2n) is 3.00. The van der Waals surface area contributed by atoms with Gasteiger partial charge in [0.1, 0.15) is 5.75 Å². The lowest BCUT2D eigenvalue weighted by Gasteiger charge is -2.05. The maximum atomic E-state index is 8.53. The van der Waals surface area contributed by atoms with Crippen LogP contribution in [0.5, 0.6) is 5.75 Å². The summed E-state index contributed by atoms with van der Waals surface area (Å²) in [7, 11) is 0. The minimum Gasteiger partial charge on any atom is -0.491 e. The summed E-state index contributed by atoms with van der Waals surface area (Å²) in [6, 6.07) is 3.80. The largest absolute Gasteiger partial charge is 0.491 e. The van der Waals surface area contributed by atoms with Gasteiger partial charge in [0, 0.05) is 13.0 Å². The third-order valence-corrected chi connectivity index (χ3v) is 2.36. The van der Waals surface area contributed by atoms with Gasteiger partial charge in [0.2, 0.25) is 0 Å². The van der Waals surface area contributed by atoms with Crippen LogP contribution in [0.3, 0.4) is 0 Å². The molecule has 0 atom stereocenters. The van der Waals surface area contributed by atoms with Gasteiger partial charge in [-0.25, -0.2) is 5.48 Å². The Morgan fingerprint density at radius 3 is 3.15 bits per heavy atom. The van der Waals surface area contributed by atoms with E-state index in [2.05, 4.69) is 5.48 Å². The van der Waals surface area contributed by atoms with E-state index in [9.17, 15) is 0 Å². The second-order valence-corrected chi connectivity index (χ2v) is 3.41. The van der Waals surface area contributed by atoms with Crippen LogP contribution < -0.4 is 10.2 Å². The van der Waals surface area contributed by atoms with Crippen LogP contribution in [-0.2, 0) is 13.0 Å². The molecule has 1 heterocycles. The van der Waals surface area contributed by atoms with Gasteiger partial charge in [-0.05, 0) is 17.2 Å². The molecule has 0 aliphatic carbocycles. The molecule has 0 saturated heterocycles. The summed E-state index contributed by atoms with van der Waals surface area (Å²) in [6.45, 7) is 1.11. The van der Waals surface area contributed by atoms with E-state index in [1.807, 2.05) is 6.07 Å². The SMILES string of the molecule is ONCc1cc(Cl)c2c(c1)CCO2. The lowest BCUT2D eigenvalue weighted by Crippen LogP contribution is -2.06. The van der Waals surface area contributed by atoms with Crippen LogP contribution in [0.15, 0.2) is 12.1 Å². The predicted molar refractivity (Wildman–Crippen MR) is 49.3 cm³/mol. The molecule has 0 saturated carbocycles. The molecule has 13 heavy (non-hydrogen) atoms. The van der Waals surface area contributed by atoms with Crippen LogP contribution >= 0.6 is 11.6 Å². The molecule has 2 rings (SSSR count). The van der Waals surface area contributed by atoms with E-state index in [-0.39, 0.29) is 0 Å². The first kappa shape index (κ1) is 8.81. The Labute approximate surface area is 81.2 Å². The van der Waals surface area contributed by atoms with E-state index < -0.39 is 0 Å². The van der Waals surface area contributed by atoms with Crippen LogP contribution in [0.25, 0.3) is 0 Å². The number of fused-ring (bicyclic) bond motifs is 1. The lowest BCUT2D eigenvalue weighted by atomic mass is 10.1. The van der Waals surface area contributed by atoms with Gasteiger partial charge >= 0.3 is 0 Å². The average Bonchev–Trinajstić information content (AvgIpc) is 2.53. The molecule has 3 nitrogen and oxygen atoms in total. The van der Waals surface area contributed by atoms with Crippen molar-refractivity contribution in [3.05, 3.63) is 28.3 Å². The van der Waals surface area contributed by atoms with Crippen molar-refractivity contribution < 1.29 is 9.94 Å². The molecule has 0 amide bonds. The molecule has 1 aliphatic rings. The molecule has 2 N–H and O–H groups in total. The number of ether oxygens (including phenoxy) is 1. The highest BCUT2D eigenvalue weighted by Gasteiger charge is 2.16. The molecular formula is C9H10ClNO2. The number of hydrogen-bond acceptors (Lipinski definition) is 3. The molecule has 70 valence electrons. The van der Waals surface area contributed by atoms with Crippen molar-refractivity contribution in [2.45, 2.75) is 13.0 Å². The number of benzene rings is 1. The zero-order chi connectivity index (χ0) is 9.26. The minimum atomic E-state index is 0.410. The third kappa shape index (κ3) is 1.63. The van der Waals surface area contributed by atoms with Crippen LogP contribution in [0.1, 0.15) is 11.1 Å². The van der Waals surface area contributed by atoms with Crippen LogP contribution in [0, 0.1) is 0 Å². The summed E-state index contributed by atoms with van der Waals surface area (Å²) in [4.78, 5) is 0. The number of nitrogens with one attached hydrogen (secondary N) is 1. The van der Waals surface area contributed by atoms with E-state index in [1.54, 1.807) is 6.07 Å². The van der Waals surface area contributed by atoms with E-state index in [0.717, 1.165) is 23.3 Å². The number of halogens is 1. The number of hydroxylamine groups is 1. The molecule has 1 aromatic rings. The minimum absolute atomic E-state index is 0.410. The second kappa shape index (κ2) is 3.54. The first-order chi connectivity index (χ1) is 6.31. The number of rotatable bonds is 2. The van der Waals surface area contributed by atoms with Crippen molar-refractivity contribution in [1.82, 2.24) is 5.48 Å². The normalized spacial score (nSPS) is 14.0. The van der Waals surface area contributed by atoms with Gasteiger partial charge in [-0.3, -0.25) is 0 Å². The fourth-order valence-corrected chi connectivity index (χ4v) is 1.83. The summed E-state index contributed by atoms with van der Waals surface area (Å²) in [6.07, 6.45) is 0.897. The third-order valence-electron chi connectivity index (χ3n) is 2.08. The molecular weight excluding hydrogens is 190 g/mol. The molecule has 0 fully saturated rings. The maximum absolute atomic E-state index is 8.53. The van der Waals surface area contributed by atoms with E-state index >= 15 is 0 Å². The van der Waals surface area contributed by atoms with Crippen molar-refractivity contribution in [2.75, 3.05) is 6.61 Å². The summed E-state index contributed by atoms with van der Waals surface area (Å²) in [5.74, 6) is 0.795. The predicted octanol–water partition coefficient (Wildman–Crippen LogP) is 1.75. The van der Waals surface area contributed by atoms with Gasteiger partial charge in [-0.2, -0.15) is 0 Å². The van der Waals surface area contributed by atoms with Gasteiger partial charge in [0.05, 0.1) is 11.6 Å². The lowest BCUT2D eigenvalue weighted by molar-refractivity contribution is 0.161. The van der Waals surface area contributed by atoms with Gasteiger partial charge in [0.15, 0.2) is 0 Å². The summed E-state index contributed by atoms with van der Waals surface area (Å²) >= 11 is 5.98. The molecule has 1 aliphatic heterocycles. The maximum Gasteiger partial charge on any atom is 0.141 e. The molecule has 0 unspecified atom stereocenters. The fraction of sp³-hybridized carbons (Fsp3) is 0.333. The average molecular weight is 200 g/mol. The molecule has 4 heteroatoms. The molecule has 0 aromatic heterocycles.